The number of ether oxygens (including phenoxy) is 1. The molecule has 2 aromatic carbocycles. The Morgan fingerprint density at radius 1 is 1.04 bits per heavy atom. The van der Waals surface area contributed by atoms with Crippen LogP contribution < -0.4 is 11.2 Å². The van der Waals surface area contributed by atoms with E-state index in [1.807, 2.05) is 62.4 Å². The minimum Gasteiger partial charge on any atom is -0.444 e. The summed E-state index contributed by atoms with van der Waals surface area (Å²) in [4.78, 5) is 12.5. The number of nitrogens with one attached hydrogen (secondary N) is 1. The summed E-state index contributed by atoms with van der Waals surface area (Å²) in [5.74, 6) is 0. The Bertz CT molecular complexity index is 647. The summed E-state index contributed by atoms with van der Waals surface area (Å²) in [5.41, 5.74) is 11.6. The van der Waals surface area contributed by atoms with Crippen LogP contribution in [0.1, 0.15) is 37.8 Å². The minimum atomic E-state index is -0.449. The molecular formula is C21H29N3O2. The van der Waals surface area contributed by atoms with Crippen LogP contribution in [0.25, 0.3) is 0 Å². The average molecular weight is 355 g/mol. The van der Waals surface area contributed by atoms with E-state index in [9.17, 15) is 4.79 Å². The van der Waals surface area contributed by atoms with Crippen LogP contribution in [0, 0.1) is 0 Å². The lowest BCUT2D eigenvalue weighted by atomic mass is 10.1. The molecule has 0 saturated heterocycles. The Labute approximate surface area is 156 Å². The van der Waals surface area contributed by atoms with Gasteiger partial charge >= 0.3 is 6.09 Å². The van der Waals surface area contributed by atoms with Crippen molar-refractivity contribution in [1.82, 2.24) is 10.4 Å². The Kier molecular flexibility index (Phi) is 8.12. The van der Waals surface area contributed by atoms with Gasteiger partial charge in [-0.2, -0.15) is 0 Å². The highest BCUT2D eigenvalue weighted by Gasteiger charge is 2.22. The summed E-state index contributed by atoms with van der Waals surface area (Å²) in [7, 11) is 0. The molecule has 140 valence electrons. The zero-order valence-electron chi connectivity index (χ0n) is 15.6. The Morgan fingerprint density at radius 3 is 2.19 bits per heavy atom. The van der Waals surface area contributed by atoms with E-state index in [-0.39, 0.29) is 12.6 Å². The van der Waals surface area contributed by atoms with Gasteiger partial charge in [-0.25, -0.2) is 15.2 Å². The molecule has 0 aliphatic rings. The van der Waals surface area contributed by atoms with Crippen molar-refractivity contribution in [3.63, 3.8) is 0 Å². The van der Waals surface area contributed by atoms with Crippen molar-refractivity contribution in [3.05, 3.63) is 71.8 Å². The number of carbonyl (C=O) groups excluding carboxylic acids is 1. The van der Waals surface area contributed by atoms with Gasteiger partial charge < -0.3 is 10.5 Å². The first-order valence-corrected chi connectivity index (χ1v) is 9.12. The number of amides is 1. The first-order valence-electron chi connectivity index (χ1n) is 9.12. The molecule has 0 bridgehead atoms. The zero-order valence-corrected chi connectivity index (χ0v) is 15.6. The number of hydrogen-bond donors (Lipinski definition) is 2. The fourth-order valence-electron chi connectivity index (χ4n) is 2.64. The molecular weight excluding hydrogens is 326 g/mol. The number of aryl methyl sites for hydroxylation is 1. The van der Waals surface area contributed by atoms with Gasteiger partial charge in [-0.05, 0) is 44.2 Å². The van der Waals surface area contributed by atoms with Gasteiger partial charge in [-0.3, -0.25) is 0 Å². The number of hydrazine groups is 1. The van der Waals surface area contributed by atoms with E-state index in [1.54, 1.807) is 0 Å². The summed E-state index contributed by atoms with van der Waals surface area (Å²) in [6, 6.07) is 20.0. The molecule has 0 aromatic heterocycles. The molecule has 0 fully saturated rings. The van der Waals surface area contributed by atoms with Gasteiger partial charge in [0.25, 0.3) is 0 Å². The number of nitrogens with two attached hydrogens (primary N) is 1. The first kappa shape index (κ1) is 19.9. The van der Waals surface area contributed by atoms with Crippen molar-refractivity contribution < 1.29 is 9.53 Å². The van der Waals surface area contributed by atoms with E-state index in [0.29, 0.717) is 6.42 Å². The third-order valence-corrected chi connectivity index (χ3v) is 3.94. The maximum absolute atomic E-state index is 12.5. The van der Waals surface area contributed by atoms with E-state index in [0.717, 1.165) is 18.4 Å². The van der Waals surface area contributed by atoms with Crippen molar-refractivity contribution >= 4 is 6.09 Å². The van der Waals surface area contributed by atoms with E-state index in [1.165, 1.54) is 10.6 Å². The highest BCUT2D eigenvalue weighted by Crippen LogP contribution is 2.10. The average Bonchev–Trinajstić information content (AvgIpc) is 2.65. The second-order valence-electron chi connectivity index (χ2n) is 6.64. The molecule has 1 unspecified atom stereocenters. The largest absolute Gasteiger partial charge is 0.444 e. The van der Waals surface area contributed by atoms with E-state index in [4.69, 9.17) is 10.5 Å². The molecule has 0 spiro atoms. The van der Waals surface area contributed by atoms with Crippen LogP contribution in [0.15, 0.2) is 60.7 Å². The molecule has 1 atom stereocenters. The van der Waals surface area contributed by atoms with Crippen LogP contribution in [0.2, 0.25) is 0 Å². The first-order chi connectivity index (χ1) is 12.6. The molecule has 3 N–H and O–H groups in total. The predicted octanol–water partition coefficient (Wildman–Crippen LogP) is 3.85. The maximum Gasteiger partial charge on any atom is 0.426 e. The predicted molar refractivity (Wildman–Crippen MR) is 104 cm³/mol. The standard InChI is InChI=1S/C21H29N3O2/c1-17(2)23-24(21(25)26-16-19-12-7-4-8-13-19)20(22)15-9-14-18-10-5-3-6-11-18/h3-8,10-13,17,20,23H,9,14-16,22H2,1-2H3. The molecule has 0 saturated carbocycles. The Balaban J connectivity index is 1.86. The normalized spacial score (nSPS) is 12.0. The maximum atomic E-state index is 12.5. The van der Waals surface area contributed by atoms with Crippen LogP contribution in [0.4, 0.5) is 4.79 Å². The van der Waals surface area contributed by atoms with E-state index >= 15 is 0 Å². The number of hydrogen-bond acceptors (Lipinski definition) is 4. The molecule has 5 heteroatoms. The number of benzene rings is 2. The fourth-order valence-corrected chi connectivity index (χ4v) is 2.64. The Morgan fingerprint density at radius 2 is 1.62 bits per heavy atom. The molecule has 0 radical (unpaired) electrons. The van der Waals surface area contributed by atoms with Crippen LogP contribution in [0.5, 0.6) is 0 Å². The van der Waals surface area contributed by atoms with Gasteiger partial charge in [0.15, 0.2) is 0 Å². The van der Waals surface area contributed by atoms with Crippen LogP contribution >= 0.6 is 0 Å². The lowest BCUT2D eigenvalue weighted by molar-refractivity contribution is 0.0487. The smallest absolute Gasteiger partial charge is 0.426 e. The van der Waals surface area contributed by atoms with Crippen molar-refractivity contribution in [2.75, 3.05) is 0 Å². The molecule has 0 aliphatic heterocycles. The van der Waals surface area contributed by atoms with Gasteiger partial charge in [0.1, 0.15) is 6.61 Å². The molecule has 26 heavy (non-hydrogen) atoms. The summed E-state index contributed by atoms with van der Waals surface area (Å²) in [6.45, 7) is 4.16. The number of rotatable bonds is 9. The molecule has 5 nitrogen and oxygen atoms in total. The van der Waals surface area contributed by atoms with Crippen LogP contribution in [-0.2, 0) is 17.8 Å². The lowest BCUT2D eigenvalue weighted by Gasteiger charge is -2.30. The van der Waals surface area contributed by atoms with E-state index in [2.05, 4.69) is 17.6 Å². The van der Waals surface area contributed by atoms with Gasteiger partial charge in [-0.1, -0.05) is 60.7 Å². The van der Waals surface area contributed by atoms with Crippen molar-refractivity contribution in [1.29, 1.82) is 0 Å². The summed E-state index contributed by atoms with van der Waals surface area (Å²) < 4.78 is 5.42. The molecule has 1 amide bonds. The third-order valence-electron chi connectivity index (χ3n) is 3.94. The number of nitrogens with zero attached hydrogens (tertiary/aromatic N) is 1. The second kappa shape index (κ2) is 10.6. The SMILES string of the molecule is CC(C)NN(C(=O)OCc1ccccc1)C(N)CCCc1ccccc1. The van der Waals surface area contributed by atoms with Crippen molar-refractivity contribution in [2.45, 2.75) is 51.9 Å². The quantitative estimate of drug-likeness (QED) is 0.530. The minimum absolute atomic E-state index is 0.0828. The highest BCUT2D eigenvalue weighted by molar-refractivity contribution is 5.67. The highest BCUT2D eigenvalue weighted by atomic mass is 16.6. The van der Waals surface area contributed by atoms with E-state index < -0.39 is 12.3 Å². The monoisotopic (exact) mass is 355 g/mol. The second-order valence-corrected chi connectivity index (χ2v) is 6.64. The van der Waals surface area contributed by atoms with Crippen molar-refractivity contribution in [3.8, 4) is 0 Å². The molecule has 0 heterocycles. The zero-order chi connectivity index (χ0) is 18.8. The molecule has 0 aliphatic carbocycles. The third kappa shape index (κ3) is 6.86. The van der Waals surface area contributed by atoms with Gasteiger partial charge in [0.05, 0.1) is 6.17 Å². The summed E-state index contributed by atoms with van der Waals surface area (Å²) in [6.07, 6.45) is 1.63. The number of carbonyl (C=O) groups is 1. The topological polar surface area (TPSA) is 67.6 Å². The molecule has 2 aromatic rings. The summed E-state index contributed by atoms with van der Waals surface area (Å²) >= 11 is 0. The van der Waals surface area contributed by atoms with Crippen molar-refractivity contribution in [2.24, 2.45) is 5.73 Å². The van der Waals surface area contributed by atoms with Gasteiger partial charge in [0, 0.05) is 6.04 Å². The molecule has 2 rings (SSSR count). The summed E-state index contributed by atoms with van der Waals surface area (Å²) in [5, 5.41) is 1.42. The van der Waals surface area contributed by atoms with Gasteiger partial charge in [0.2, 0.25) is 0 Å². The van der Waals surface area contributed by atoms with Crippen LogP contribution in [0.3, 0.4) is 0 Å². The van der Waals surface area contributed by atoms with Crippen LogP contribution in [-0.4, -0.2) is 23.3 Å². The lowest BCUT2D eigenvalue weighted by Crippen LogP contribution is -2.55. The van der Waals surface area contributed by atoms with Gasteiger partial charge in [-0.15, -0.1) is 0 Å². The Hall–Kier alpha value is -2.37. The fraction of sp³-hybridized carbons (Fsp3) is 0.381.